The predicted molar refractivity (Wildman–Crippen MR) is 124 cm³/mol. The molecule has 0 amide bonds. The number of ketones is 1. The minimum absolute atomic E-state index is 0.0978. The van der Waals surface area contributed by atoms with E-state index in [1.54, 1.807) is 4.68 Å². The first kappa shape index (κ1) is 20.2. The fourth-order valence-corrected chi connectivity index (χ4v) is 4.55. The van der Waals surface area contributed by atoms with Gasteiger partial charge in [0.2, 0.25) is 0 Å². The molecule has 1 aliphatic carbocycles. The summed E-state index contributed by atoms with van der Waals surface area (Å²) in [6.45, 7) is 6.18. The van der Waals surface area contributed by atoms with Gasteiger partial charge in [0.25, 0.3) is 5.56 Å². The van der Waals surface area contributed by atoms with Gasteiger partial charge in [-0.3, -0.25) is 19.4 Å². The van der Waals surface area contributed by atoms with Crippen molar-refractivity contribution in [1.29, 1.82) is 0 Å². The van der Waals surface area contributed by atoms with E-state index in [4.69, 9.17) is 0 Å². The molecule has 162 valence electrons. The van der Waals surface area contributed by atoms with Gasteiger partial charge >= 0.3 is 0 Å². The van der Waals surface area contributed by atoms with E-state index in [1.807, 2.05) is 61.5 Å². The van der Waals surface area contributed by atoms with E-state index < -0.39 is 6.04 Å². The number of benzene rings is 2. The highest BCUT2D eigenvalue weighted by Gasteiger charge is 2.42. The smallest absolute Gasteiger partial charge is 0.294 e. The molecular weight excluding hydrogens is 402 g/mol. The maximum Gasteiger partial charge on any atom is 0.294 e. The van der Waals surface area contributed by atoms with Gasteiger partial charge in [0.15, 0.2) is 17.3 Å². The Labute approximate surface area is 185 Å². The van der Waals surface area contributed by atoms with Crippen LogP contribution in [-0.2, 0) is 4.79 Å². The third-order valence-corrected chi connectivity index (χ3v) is 6.04. The Bertz CT molecular complexity index is 1310. The largest absolute Gasteiger partial charge is 0.342 e. The lowest BCUT2D eigenvalue weighted by Gasteiger charge is -2.39. The third-order valence-electron chi connectivity index (χ3n) is 6.04. The number of H-pyrrole nitrogens is 1. The van der Waals surface area contributed by atoms with Gasteiger partial charge < -0.3 is 5.32 Å². The molecule has 2 N–H and O–H groups in total. The summed E-state index contributed by atoms with van der Waals surface area (Å²) in [6, 6.07) is 17.0. The first-order valence-electron chi connectivity index (χ1n) is 10.7. The number of rotatable bonds is 3. The zero-order chi connectivity index (χ0) is 22.5. The van der Waals surface area contributed by atoms with Gasteiger partial charge in [-0.25, -0.2) is 0 Å². The number of azo groups is 1. The van der Waals surface area contributed by atoms with Crippen LogP contribution in [0.2, 0.25) is 0 Å². The van der Waals surface area contributed by atoms with Crippen molar-refractivity contribution in [3.63, 3.8) is 0 Å². The molecular formula is C25H25N5O2. The van der Waals surface area contributed by atoms with E-state index in [0.29, 0.717) is 29.9 Å². The van der Waals surface area contributed by atoms with Crippen molar-refractivity contribution in [2.45, 2.75) is 39.7 Å². The van der Waals surface area contributed by atoms with Crippen LogP contribution in [0.1, 0.15) is 43.9 Å². The zero-order valence-electron chi connectivity index (χ0n) is 18.3. The highest BCUT2D eigenvalue weighted by atomic mass is 16.1. The van der Waals surface area contributed by atoms with Gasteiger partial charge in [-0.2, -0.15) is 5.11 Å². The van der Waals surface area contributed by atoms with E-state index in [0.717, 1.165) is 16.8 Å². The molecule has 0 saturated carbocycles. The number of carbonyl (C=O) groups is 1. The molecule has 5 rings (SSSR count). The average Bonchev–Trinajstić information content (AvgIpc) is 3.06. The number of aromatic amines is 1. The Kier molecular flexibility index (Phi) is 4.69. The first-order chi connectivity index (χ1) is 15.3. The van der Waals surface area contributed by atoms with Crippen LogP contribution in [-0.4, -0.2) is 15.6 Å². The van der Waals surface area contributed by atoms with Crippen molar-refractivity contribution in [3.8, 4) is 0 Å². The molecule has 32 heavy (non-hydrogen) atoms. The van der Waals surface area contributed by atoms with E-state index in [1.165, 1.54) is 0 Å². The monoisotopic (exact) mass is 427 g/mol. The van der Waals surface area contributed by atoms with Gasteiger partial charge in [-0.15, -0.1) is 5.11 Å². The van der Waals surface area contributed by atoms with Crippen LogP contribution in [0, 0.1) is 12.3 Å². The van der Waals surface area contributed by atoms with Gasteiger partial charge in [0.05, 0.1) is 5.69 Å². The Morgan fingerprint density at radius 2 is 1.69 bits per heavy atom. The third kappa shape index (κ3) is 3.49. The standard InChI is InChI=1S/C25H25N5O2/c1-15-9-11-17(12-10-15)27-28-21-23-26-18-13-25(2,3)14-19(31)20(18)22(30(23)29-24(21)32)16-7-5-4-6-8-16/h4-12,22,26H,13-14H2,1-3H3,(H,29,32). The molecule has 7 nitrogen and oxygen atoms in total. The quantitative estimate of drug-likeness (QED) is 0.536. The molecule has 2 aromatic carbocycles. The van der Waals surface area contributed by atoms with Crippen LogP contribution < -0.4 is 10.9 Å². The fourth-order valence-electron chi connectivity index (χ4n) is 4.55. The minimum atomic E-state index is -0.415. The Hall–Kier alpha value is -3.74. The second-order valence-corrected chi connectivity index (χ2v) is 9.32. The highest BCUT2D eigenvalue weighted by Crippen LogP contribution is 2.46. The van der Waals surface area contributed by atoms with Crippen LogP contribution >= 0.6 is 0 Å². The zero-order valence-corrected chi connectivity index (χ0v) is 18.3. The van der Waals surface area contributed by atoms with Gasteiger partial charge in [0.1, 0.15) is 6.04 Å². The van der Waals surface area contributed by atoms with Crippen LogP contribution in [0.3, 0.4) is 0 Å². The number of nitrogens with zero attached hydrogens (tertiary/aromatic N) is 3. The van der Waals surface area contributed by atoms with E-state index in [-0.39, 0.29) is 22.4 Å². The molecule has 2 aliphatic rings. The van der Waals surface area contributed by atoms with E-state index in [9.17, 15) is 9.59 Å². The van der Waals surface area contributed by atoms with Crippen molar-refractivity contribution in [2.75, 3.05) is 5.32 Å². The number of aromatic nitrogens is 2. The molecule has 0 saturated heterocycles. The number of carbonyl (C=O) groups excluding carboxylic acids is 1. The van der Waals surface area contributed by atoms with Crippen LogP contribution in [0.5, 0.6) is 0 Å². The second kappa shape index (κ2) is 7.44. The van der Waals surface area contributed by atoms with Crippen molar-refractivity contribution in [2.24, 2.45) is 15.6 Å². The molecule has 1 unspecified atom stereocenters. The molecule has 0 fully saturated rings. The van der Waals surface area contributed by atoms with Gasteiger partial charge in [-0.05, 0) is 36.5 Å². The Morgan fingerprint density at radius 1 is 0.969 bits per heavy atom. The number of allylic oxidation sites excluding steroid dienone is 2. The Morgan fingerprint density at radius 3 is 2.41 bits per heavy atom. The van der Waals surface area contributed by atoms with E-state index >= 15 is 0 Å². The normalized spacial score (nSPS) is 19.6. The van der Waals surface area contributed by atoms with Crippen molar-refractivity contribution in [3.05, 3.63) is 87.3 Å². The molecule has 7 heteroatoms. The summed E-state index contributed by atoms with van der Waals surface area (Å²) < 4.78 is 1.72. The van der Waals surface area contributed by atoms with E-state index in [2.05, 4.69) is 34.5 Å². The number of anilines is 1. The van der Waals surface area contributed by atoms with Crippen molar-refractivity contribution >= 4 is 23.0 Å². The number of hydrogen-bond acceptors (Lipinski definition) is 5. The maximum atomic E-state index is 13.2. The Balaban J connectivity index is 1.65. The molecule has 1 aromatic heterocycles. The first-order valence-corrected chi connectivity index (χ1v) is 10.7. The molecule has 1 aliphatic heterocycles. The number of Topliss-reactive ketones (excluding diaryl/α,β-unsaturated/α-hetero) is 1. The van der Waals surface area contributed by atoms with Crippen molar-refractivity contribution in [1.82, 2.24) is 9.78 Å². The fraction of sp³-hybridized carbons (Fsp3) is 0.280. The number of hydrogen-bond donors (Lipinski definition) is 2. The second-order valence-electron chi connectivity index (χ2n) is 9.32. The van der Waals surface area contributed by atoms with Gasteiger partial charge in [-0.1, -0.05) is 61.9 Å². The highest BCUT2D eigenvalue weighted by molar-refractivity contribution is 6.00. The summed E-state index contributed by atoms with van der Waals surface area (Å²) in [5.74, 6) is 0.629. The molecule has 0 spiro atoms. The average molecular weight is 428 g/mol. The molecule has 3 aromatic rings. The number of aryl methyl sites for hydroxylation is 1. The lowest BCUT2D eigenvalue weighted by molar-refractivity contribution is -0.118. The van der Waals surface area contributed by atoms with Crippen LogP contribution in [0.4, 0.5) is 17.2 Å². The summed E-state index contributed by atoms with van der Waals surface area (Å²) in [5.41, 5.74) is 3.97. The molecule has 1 atom stereocenters. The SMILES string of the molecule is Cc1ccc(N=Nc2c3n([nH]c2=O)C(c2ccccc2)C2=C(CC(C)(C)CC2=O)N3)cc1. The van der Waals surface area contributed by atoms with Crippen molar-refractivity contribution < 1.29 is 4.79 Å². The summed E-state index contributed by atoms with van der Waals surface area (Å²) in [5, 5.41) is 14.8. The van der Waals surface area contributed by atoms with Crippen LogP contribution in [0.15, 0.2) is 80.9 Å². The summed E-state index contributed by atoms with van der Waals surface area (Å²) in [6.07, 6.45) is 1.18. The molecule has 0 bridgehead atoms. The summed E-state index contributed by atoms with van der Waals surface area (Å²) in [4.78, 5) is 26.1. The van der Waals surface area contributed by atoms with Crippen LogP contribution in [0.25, 0.3) is 0 Å². The number of fused-ring (bicyclic) bond motifs is 1. The lowest BCUT2D eigenvalue weighted by Crippen LogP contribution is -2.36. The summed E-state index contributed by atoms with van der Waals surface area (Å²) >= 11 is 0. The molecule has 2 heterocycles. The lowest BCUT2D eigenvalue weighted by atomic mass is 9.73. The predicted octanol–water partition coefficient (Wildman–Crippen LogP) is 5.56. The number of nitrogens with one attached hydrogen (secondary N) is 2. The minimum Gasteiger partial charge on any atom is -0.342 e. The van der Waals surface area contributed by atoms with Gasteiger partial charge in [0, 0.05) is 17.7 Å². The summed E-state index contributed by atoms with van der Waals surface area (Å²) in [7, 11) is 0. The molecule has 0 radical (unpaired) electrons. The topological polar surface area (TPSA) is 91.6 Å². The maximum absolute atomic E-state index is 13.2.